The third kappa shape index (κ3) is 1.28. The van der Waals surface area contributed by atoms with Gasteiger partial charge < -0.3 is 0 Å². The zero-order valence-corrected chi connectivity index (χ0v) is 8.89. The molecule has 0 bridgehead atoms. The summed E-state index contributed by atoms with van der Waals surface area (Å²) >= 11 is 0. The maximum atomic E-state index is 2.39. The van der Waals surface area contributed by atoms with Crippen molar-refractivity contribution in [1.29, 1.82) is 0 Å². The molecule has 1 nitrogen and oxygen atoms in total. The van der Waals surface area contributed by atoms with E-state index in [1.54, 1.807) is 0 Å². The normalized spacial score (nSPS) is 22.0. The quantitative estimate of drug-likeness (QED) is 0.586. The van der Waals surface area contributed by atoms with E-state index in [1.807, 2.05) is 0 Å². The molecule has 0 fully saturated rings. The lowest BCUT2D eigenvalue weighted by Gasteiger charge is -2.14. The predicted octanol–water partition coefficient (Wildman–Crippen LogP) is 2.81. The van der Waals surface area contributed by atoms with E-state index < -0.39 is 0 Å². The molecular weight excluding hydrogens is 158 g/mol. The molecule has 0 saturated carbocycles. The van der Waals surface area contributed by atoms with E-state index in [0.717, 1.165) is 6.54 Å². The minimum atomic E-state index is 0.592. The van der Waals surface area contributed by atoms with Crippen molar-refractivity contribution < 1.29 is 0 Å². The molecule has 1 aromatic rings. The molecule has 1 aromatic carbocycles. The molecule has 0 N–H and O–H groups in total. The highest BCUT2D eigenvalue weighted by Crippen LogP contribution is 2.33. The van der Waals surface area contributed by atoms with Crippen LogP contribution in [-0.4, -0.2) is 11.9 Å². The Labute approximate surface area is 80.4 Å². The van der Waals surface area contributed by atoms with Crippen LogP contribution in [0.5, 0.6) is 0 Å². The van der Waals surface area contributed by atoms with Crippen LogP contribution in [0.25, 0.3) is 0 Å². The van der Waals surface area contributed by atoms with Gasteiger partial charge in [0.05, 0.1) is 0 Å². The lowest BCUT2D eigenvalue weighted by molar-refractivity contribution is 0.286. The summed E-state index contributed by atoms with van der Waals surface area (Å²) in [5.74, 6) is 0. The fourth-order valence-electron chi connectivity index (χ4n) is 2.07. The van der Waals surface area contributed by atoms with E-state index in [2.05, 4.69) is 44.9 Å². The average Bonchev–Trinajstić information content (AvgIpc) is 2.32. The second-order valence-corrected chi connectivity index (χ2v) is 4.23. The van der Waals surface area contributed by atoms with Gasteiger partial charge in [-0.25, -0.2) is 0 Å². The Hall–Kier alpha value is -0.820. The van der Waals surface area contributed by atoms with Crippen molar-refractivity contribution >= 4 is 0 Å². The highest BCUT2D eigenvalue weighted by atomic mass is 15.1. The van der Waals surface area contributed by atoms with Crippen molar-refractivity contribution in [3.8, 4) is 0 Å². The van der Waals surface area contributed by atoms with Crippen LogP contribution < -0.4 is 0 Å². The summed E-state index contributed by atoms with van der Waals surface area (Å²) in [4.78, 5) is 2.39. The zero-order chi connectivity index (χ0) is 9.59. The minimum absolute atomic E-state index is 0.592. The molecule has 2 rings (SSSR count). The highest BCUT2D eigenvalue weighted by Gasteiger charge is 2.23. The number of hydrogen-bond donors (Lipinski definition) is 0. The van der Waals surface area contributed by atoms with Crippen LogP contribution in [0.3, 0.4) is 0 Å². The van der Waals surface area contributed by atoms with Gasteiger partial charge in [-0.1, -0.05) is 12.1 Å². The van der Waals surface area contributed by atoms with Crippen molar-refractivity contribution in [2.45, 2.75) is 33.4 Å². The van der Waals surface area contributed by atoms with Crippen LogP contribution in [0.4, 0.5) is 0 Å². The molecule has 0 aliphatic carbocycles. The summed E-state index contributed by atoms with van der Waals surface area (Å²) in [7, 11) is 2.19. The minimum Gasteiger partial charge on any atom is -0.295 e. The number of benzene rings is 1. The summed E-state index contributed by atoms with van der Waals surface area (Å²) in [6.45, 7) is 7.78. The third-order valence-corrected chi connectivity index (χ3v) is 3.29. The van der Waals surface area contributed by atoms with Gasteiger partial charge >= 0.3 is 0 Å². The first-order valence-corrected chi connectivity index (χ1v) is 4.90. The van der Waals surface area contributed by atoms with E-state index in [9.17, 15) is 0 Å². The van der Waals surface area contributed by atoms with Gasteiger partial charge in [0.2, 0.25) is 0 Å². The molecule has 1 aliphatic rings. The summed E-state index contributed by atoms with van der Waals surface area (Å²) < 4.78 is 0. The number of hydrogen-bond acceptors (Lipinski definition) is 1. The SMILES string of the molecule is Cc1cc2c(cc1C)C(C)N(C)C2. The number of aryl methyl sites for hydroxylation is 2. The Morgan fingerprint density at radius 3 is 2.54 bits per heavy atom. The van der Waals surface area contributed by atoms with Crippen molar-refractivity contribution in [1.82, 2.24) is 4.90 Å². The molecule has 0 radical (unpaired) electrons. The predicted molar refractivity (Wildman–Crippen MR) is 55.8 cm³/mol. The largest absolute Gasteiger partial charge is 0.295 e. The molecule has 1 heteroatoms. The lowest BCUT2D eigenvalue weighted by Crippen LogP contribution is -2.12. The summed E-state index contributed by atoms with van der Waals surface area (Å²) in [6, 6.07) is 5.28. The van der Waals surface area contributed by atoms with E-state index in [0.29, 0.717) is 6.04 Å². The van der Waals surface area contributed by atoms with Gasteiger partial charge in [-0.2, -0.15) is 0 Å². The van der Waals surface area contributed by atoms with Gasteiger partial charge in [0.1, 0.15) is 0 Å². The number of nitrogens with zero attached hydrogens (tertiary/aromatic N) is 1. The Morgan fingerprint density at radius 2 is 1.85 bits per heavy atom. The van der Waals surface area contributed by atoms with Gasteiger partial charge in [0.15, 0.2) is 0 Å². The Kier molecular flexibility index (Phi) is 1.92. The Balaban J connectivity index is 2.53. The maximum absolute atomic E-state index is 2.39. The standard InChI is InChI=1S/C12H17N/c1-8-5-11-7-13(4)10(3)12(11)6-9(8)2/h5-6,10H,7H2,1-4H3. The van der Waals surface area contributed by atoms with Crippen LogP contribution in [0.2, 0.25) is 0 Å². The van der Waals surface area contributed by atoms with Crippen LogP contribution in [-0.2, 0) is 6.54 Å². The molecule has 1 atom stereocenters. The van der Waals surface area contributed by atoms with Gasteiger partial charge in [-0.15, -0.1) is 0 Å². The lowest BCUT2D eigenvalue weighted by atomic mass is 9.99. The van der Waals surface area contributed by atoms with Gasteiger partial charge in [0, 0.05) is 12.6 Å². The van der Waals surface area contributed by atoms with Crippen molar-refractivity contribution in [2.75, 3.05) is 7.05 Å². The average molecular weight is 175 g/mol. The van der Waals surface area contributed by atoms with Gasteiger partial charge in [-0.3, -0.25) is 4.90 Å². The second-order valence-electron chi connectivity index (χ2n) is 4.23. The summed E-state index contributed by atoms with van der Waals surface area (Å²) in [6.07, 6.45) is 0. The topological polar surface area (TPSA) is 3.24 Å². The van der Waals surface area contributed by atoms with Crippen LogP contribution >= 0.6 is 0 Å². The fourth-order valence-corrected chi connectivity index (χ4v) is 2.07. The first-order chi connectivity index (χ1) is 6.09. The molecule has 0 spiro atoms. The van der Waals surface area contributed by atoms with E-state index >= 15 is 0 Å². The number of rotatable bonds is 0. The van der Waals surface area contributed by atoms with E-state index in [1.165, 1.54) is 22.3 Å². The summed E-state index contributed by atoms with van der Waals surface area (Å²) in [5, 5.41) is 0. The second kappa shape index (κ2) is 2.85. The molecular formula is C12H17N. The maximum Gasteiger partial charge on any atom is 0.0323 e. The number of fused-ring (bicyclic) bond motifs is 1. The monoisotopic (exact) mass is 175 g/mol. The first kappa shape index (κ1) is 8.76. The molecule has 13 heavy (non-hydrogen) atoms. The third-order valence-electron chi connectivity index (χ3n) is 3.29. The van der Waals surface area contributed by atoms with Crippen LogP contribution in [0.15, 0.2) is 12.1 Å². The summed E-state index contributed by atoms with van der Waals surface area (Å²) in [5.41, 5.74) is 5.87. The van der Waals surface area contributed by atoms with Crippen molar-refractivity contribution in [3.05, 3.63) is 34.4 Å². The van der Waals surface area contributed by atoms with Crippen molar-refractivity contribution in [2.24, 2.45) is 0 Å². The molecule has 1 unspecified atom stereocenters. The molecule has 0 amide bonds. The highest BCUT2D eigenvalue weighted by molar-refractivity contribution is 5.41. The molecule has 0 aromatic heterocycles. The van der Waals surface area contributed by atoms with Crippen LogP contribution in [0.1, 0.15) is 35.2 Å². The molecule has 1 heterocycles. The zero-order valence-electron chi connectivity index (χ0n) is 8.89. The van der Waals surface area contributed by atoms with Gasteiger partial charge in [0.25, 0.3) is 0 Å². The van der Waals surface area contributed by atoms with Gasteiger partial charge in [-0.05, 0) is 50.1 Å². The molecule has 1 aliphatic heterocycles. The Bertz CT molecular complexity index is 341. The smallest absolute Gasteiger partial charge is 0.0323 e. The van der Waals surface area contributed by atoms with E-state index in [4.69, 9.17) is 0 Å². The van der Waals surface area contributed by atoms with Crippen LogP contribution in [0, 0.1) is 13.8 Å². The molecule has 70 valence electrons. The molecule has 0 saturated heterocycles. The van der Waals surface area contributed by atoms with Crippen molar-refractivity contribution in [3.63, 3.8) is 0 Å². The van der Waals surface area contributed by atoms with E-state index in [-0.39, 0.29) is 0 Å². The fraction of sp³-hybridized carbons (Fsp3) is 0.500. The first-order valence-electron chi connectivity index (χ1n) is 4.90. The Morgan fingerprint density at radius 1 is 1.23 bits per heavy atom.